The molecule has 0 spiro atoms. The first-order valence-corrected chi connectivity index (χ1v) is 6.91. The van der Waals surface area contributed by atoms with Crippen molar-refractivity contribution in [1.29, 1.82) is 0 Å². The molecule has 2 aromatic rings. The topological polar surface area (TPSA) is 64.0 Å². The van der Waals surface area contributed by atoms with Crippen LogP contribution in [-0.4, -0.2) is 15.7 Å². The number of nitrogens with one attached hydrogen (secondary N) is 1. The van der Waals surface area contributed by atoms with Gasteiger partial charge < -0.3 is 5.32 Å². The highest BCUT2D eigenvalue weighted by Crippen LogP contribution is 2.14. The van der Waals surface area contributed by atoms with Crippen LogP contribution in [0.2, 0.25) is 10.0 Å². The summed E-state index contributed by atoms with van der Waals surface area (Å²) < 4.78 is 0.970. The lowest BCUT2D eigenvalue weighted by Crippen LogP contribution is -2.33. The quantitative estimate of drug-likeness (QED) is 0.937. The van der Waals surface area contributed by atoms with Gasteiger partial charge >= 0.3 is 0 Å². The predicted molar refractivity (Wildman–Crippen MR) is 74.7 cm³/mol. The number of aromatic nitrogens is 2. The number of halogens is 2. The van der Waals surface area contributed by atoms with E-state index >= 15 is 0 Å². The molecule has 19 heavy (non-hydrogen) atoms. The first kappa shape index (κ1) is 14.0. The molecule has 0 radical (unpaired) electrons. The molecule has 0 saturated heterocycles. The first-order chi connectivity index (χ1) is 9.08. The van der Waals surface area contributed by atoms with Gasteiger partial charge in [-0.3, -0.25) is 9.59 Å². The SMILES string of the molecule is O=C(Cn1ncc(Cl)c(Cl)c1=O)NCc1cccs1. The van der Waals surface area contributed by atoms with Crippen LogP contribution in [0.4, 0.5) is 0 Å². The van der Waals surface area contributed by atoms with Crippen molar-refractivity contribution < 1.29 is 4.79 Å². The van der Waals surface area contributed by atoms with Gasteiger partial charge in [0.1, 0.15) is 11.6 Å². The molecule has 2 heterocycles. The number of rotatable bonds is 4. The molecule has 0 atom stereocenters. The second-order valence-corrected chi connectivity index (χ2v) is 5.44. The molecule has 1 amide bonds. The lowest BCUT2D eigenvalue weighted by atomic mass is 10.4. The third-order valence-corrected chi connectivity index (χ3v) is 3.90. The number of hydrogen-bond donors (Lipinski definition) is 1. The standard InChI is InChI=1S/C11H9Cl2N3O2S/c12-8-5-15-16(11(18)10(8)13)6-9(17)14-4-7-2-1-3-19-7/h1-3,5H,4,6H2,(H,14,17). The molecular formula is C11H9Cl2N3O2S. The minimum absolute atomic E-state index is 0.0712. The molecule has 0 fully saturated rings. The molecule has 2 rings (SSSR count). The van der Waals surface area contributed by atoms with Crippen molar-refractivity contribution in [2.45, 2.75) is 13.1 Å². The average Bonchev–Trinajstić information content (AvgIpc) is 2.90. The molecule has 0 saturated carbocycles. The predicted octanol–water partition coefficient (Wildman–Crippen LogP) is 1.93. The number of nitrogens with zero attached hydrogens (tertiary/aromatic N) is 2. The largest absolute Gasteiger partial charge is 0.350 e. The summed E-state index contributed by atoms with van der Waals surface area (Å²) in [6, 6.07) is 3.81. The Labute approximate surface area is 122 Å². The van der Waals surface area contributed by atoms with Crippen LogP contribution in [0.5, 0.6) is 0 Å². The zero-order valence-electron chi connectivity index (χ0n) is 9.60. The molecule has 8 heteroatoms. The van der Waals surface area contributed by atoms with Crippen molar-refractivity contribution in [2.75, 3.05) is 0 Å². The Morgan fingerprint density at radius 3 is 2.95 bits per heavy atom. The third kappa shape index (κ3) is 3.56. The summed E-state index contributed by atoms with van der Waals surface area (Å²) in [4.78, 5) is 24.4. The minimum atomic E-state index is -0.583. The fourth-order valence-corrected chi connectivity index (χ4v) is 2.26. The molecule has 0 aromatic carbocycles. The van der Waals surface area contributed by atoms with Crippen molar-refractivity contribution in [3.05, 3.63) is 49.0 Å². The maximum absolute atomic E-state index is 11.7. The van der Waals surface area contributed by atoms with Gasteiger partial charge in [-0.2, -0.15) is 5.10 Å². The smallest absolute Gasteiger partial charge is 0.287 e. The Morgan fingerprint density at radius 1 is 1.47 bits per heavy atom. The molecule has 0 aliphatic heterocycles. The normalized spacial score (nSPS) is 10.4. The summed E-state index contributed by atoms with van der Waals surface area (Å²) in [5, 5.41) is 8.30. The molecule has 0 aliphatic carbocycles. The number of amides is 1. The van der Waals surface area contributed by atoms with Crippen LogP contribution in [-0.2, 0) is 17.9 Å². The lowest BCUT2D eigenvalue weighted by molar-refractivity contribution is -0.122. The van der Waals surface area contributed by atoms with Gasteiger partial charge in [0.05, 0.1) is 17.8 Å². The van der Waals surface area contributed by atoms with Gasteiger partial charge in [-0.25, -0.2) is 4.68 Å². The maximum atomic E-state index is 11.7. The van der Waals surface area contributed by atoms with Crippen LogP contribution in [0, 0.1) is 0 Å². The summed E-state index contributed by atoms with van der Waals surface area (Å²) >= 11 is 12.9. The number of thiophene rings is 1. The Hall–Kier alpha value is -1.37. The van der Waals surface area contributed by atoms with E-state index in [-0.39, 0.29) is 22.5 Å². The van der Waals surface area contributed by atoms with Crippen molar-refractivity contribution in [3.8, 4) is 0 Å². The molecule has 2 aromatic heterocycles. The van der Waals surface area contributed by atoms with Crippen LogP contribution >= 0.6 is 34.5 Å². The Morgan fingerprint density at radius 2 is 2.26 bits per heavy atom. The highest BCUT2D eigenvalue weighted by Gasteiger charge is 2.10. The minimum Gasteiger partial charge on any atom is -0.350 e. The van der Waals surface area contributed by atoms with E-state index in [0.29, 0.717) is 6.54 Å². The van der Waals surface area contributed by atoms with E-state index in [1.165, 1.54) is 6.20 Å². The van der Waals surface area contributed by atoms with E-state index in [2.05, 4.69) is 10.4 Å². The maximum Gasteiger partial charge on any atom is 0.287 e. The van der Waals surface area contributed by atoms with E-state index in [1.807, 2.05) is 17.5 Å². The van der Waals surface area contributed by atoms with Crippen LogP contribution < -0.4 is 10.9 Å². The van der Waals surface area contributed by atoms with Gasteiger partial charge in [0.25, 0.3) is 5.56 Å². The van der Waals surface area contributed by atoms with Crippen molar-refractivity contribution in [2.24, 2.45) is 0 Å². The first-order valence-electron chi connectivity index (χ1n) is 5.28. The molecule has 1 N–H and O–H groups in total. The van der Waals surface area contributed by atoms with Gasteiger partial charge in [0.15, 0.2) is 0 Å². The van der Waals surface area contributed by atoms with Gasteiger partial charge in [-0.05, 0) is 11.4 Å². The third-order valence-electron chi connectivity index (χ3n) is 2.28. The van der Waals surface area contributed by atoms with Crippen molar-refractivity contribution >= 4 is 40.4 Å². The molecule has 5 nitrogen and oxygen atoms in total. The fourth-order valence-electron chi connectivity index (χ4n) is 1.35. The Balaban J connectivity index is 1.99. The molecule has 0 unspecified atom stereocenters. The van der Waals surface area contributed by atoms with Gasteiger partial charge in [-0.1, -0.05) is 29.3 Å². The monoisotopic (exact) mass is 317 g/mol. The van der Waals surface area contributed by atoms with Crippen LogP contribution in [0.1, 0.15) is 4.88 Å². The number of carbonyl (C=O) groups excluding carboxylic acids is 1. The zero-order valence-corrected chi connectivity index (χ0v) is 11.9. The van der Waals surface area contributed by atoms with Crippen LogP contribution in [0.3, 0.4) is 0 Å². The van der Waals surface area contributed by atoms with Crippen LogP contribution in [0.15, 0.2) is 28.5 Å². The second kappa shape index (κ2) is 6.18. The van der Waals surface area contributed by atoms with Crippen LogP contribution in [0.25, 0.3) is 0 Å². The number of carbonyl (C=O) groups is 1. The number of hydrogen-bond acceptors (Lipinski definition) is 4. The van der Waals surface area contributed by atoms with Crippen molar-refractivity contribution in [1.82, 2.24) is 15.1 Å². The van der Waals surface area contributed by atoms with E-state index in [0.717, 1.165) is 9.56 Å². The van der Waals surface area contributed by atoms with E-state index in [9.17, 15) is 9.59 Å². The second-order valence-electron chi connectivity index (χ2n) is 3.63. The summed E-state index contributed by atoms with van der Waals surface area (Å²) in [5.41, 5.74) is -0.583. The summed E-state index contributed by atoms with van der Waals surface area (Å²) in [5.74, 6) is -0.318. The van der Waals surface area contributed by atoms with E-state index in [4.69, 9.17) is 23.2 Å². The Kier molecular flexibility index (Phi) is 4.57. The summed E-state index contributed by atoms with van der Waals surface area (Å²) in [6.07, 6.45) is 1.23. The molecule has 0 bridgehead atoms. The fraction of sp³-hybridized carbons (Fsp3) is 0.182. The molecular weight excluding hydrogens is 309 g/mol. The zero-order chi connectivity index (χ0) is 13.8. The highest BCUT2D eigenvalue weighted by molar-refractivity contribution is 7.09. The lowest BCUT2D eigenvalue weighted by Gasteiger charge is -2.06. The highest BCUT2D eigenvalue weighted by atomic mass is 35.5. The van der Waals surface area contributed by atoms with E-state index < -0.39 is 5.56 Å². The summed E-state index contributed by atoms with van der Waals surface area (Å²) in [6.45, 7) is 0.230. The molecule has 0 aliphatic rings. The van der Waals surface area contributed by atoms with E-state index in [1.54, 1.807) is 11.3 Å². The average molecular weight is 318 g/mol. The van der Waals surface area contributed by atoms with Gasteiger partial charge in [0.2, 0.25) is 5.91 Å². The van der Waals surface area contributed by atoms with Gasteiger partial charge in [0, 0.05) is 4.88 Å². The summed E-state index contributed by atoms with van der Waals surface area (Å²) in [7, 11) is 0. The Bertz CT molecular complexity index is 640. The van der Waals surface area contributed by atoms with Crippen molar-refractivity contribution in [3.63, 3.8) is 0 Å². The van der Waals surface area contributed by atoms with Gasteiger partial charge in [-0.15, -0.1) is 11.3 Å². The molecule has 100 valence electrons.